The van der Waals surface area contributed by atoms with Crippen molar-refractivity contribution in [2.75, 3.05) is 52.4 Å². The van der Waals surface area contributed by atoms with Crippen LogP contribution in [-0.4, -0.2) is 90.6 Å². The van der Waals surface area contributed by atoms with Crippen LogP contribution in [0.1, 0.15) is 53.9 Å². The van der Waals surface area contributed by atoms with Crippen LogP contribution < -0.4 is 5.32 Å². The molecule has 0 aromatic heterocycles. The van der Waals surface area contributed by atoms with Crippen molar-refractivity contribution in [3.63, 3.8) is 0 Å². The molecule has 2 fully saturated rings. The van der Waals surface area contributed by atoms with Gasteiger partial charge in [-0.25, -0.2) is 4.79 Å². The van der Waals surface area contributed by atoms with Crippen molar-refractivity contribution >= 4 is 18.0 Å². The van der Waals surface area contributed by atoms with Crippen molar-refractivity contribution < 1.29 is 14.3 Å². The van der Waals surface area contributed by atoms with Gasteiger partial charge in [-0.15, -0.1) is 0 Å². The summed E-state index contributed by atoms with van der Waals surface area (Å²) >= 11 is 0. The van der Waals surface area contributed by atoms with Crippen LogP contribution in [0, 0.1) is 5.92 Å². The van der Waals surface area contributed by atoms with Crippen LogP contribution in [0.3, 0.4) is 0 Å². The Balaban J connectivity index is 1.84. The van der Waals surface area contributed by atoms with Crippen molar-refractivity contribution in [1.29, 1.82) is 0 Å². The second-order valence-electron chi connectivity index (χ2n) is 8.95. The molecular formula is C21H39N5O3. The number of nitrogens with zero attached hydrogens (tertiary/aromatic N) is 4. The van der Waals surface area contributed by atoms with Crippen LogP contribution in [0.25, 0.3) is 0 Å². The fraction of sp³-hybridized carbons (Fsp3) is 0.857. The zero-order valence-corrected chi connectivity index (χ0v) is 18.9. The Labute approximate surface area is 175 Å². The fourth-order valence-corrected chi connectivity index (χ4v) is 3.80. The van der Waals surface area contributed by atoms with Crippen LogP contribution in [-0.2, 0) is 9.53 Å². The maximum absolute atomic E-state index is 12.3. The van der Waals surface area contributed by atoms with E-state index in [0.29, 0.717) is 5.92 Å². The molecule has 2 rings (SSSR count). The molecule has 8 heteroatoms. The standard InChI is InChI=1S/C21H39N5O3/c1-6-22-19(25-14-12-24(13-15-25)17(2)27)23-10-9-18-8-7-11-26(16-18)20(28)29-21(3,4)5/h18H,6-16H2,1-5H3,(H,22,23). The molecule has 2 amide bonds. The minimum absolute atomic E-state index is 0.137. The lowest BCUT2D eigenvalue weighted by molar-refractivity contribution is -0.130. The van der Waals surface area contributed by atoms with Gasteiger partial charge in [0, 0.05) is 59.3 Å². The van der Waals surface area contributed by atoms with E-state index in [-0.39, 0.29) is 12.0 Å². The summed E-state index contributed by atoms with van der Waals surface area (Å²) in [5.41, 5.74) is -0.457. The lowest BCUT2D eigenvalue weighted by atomic mass is 9.95. The molecule has 2 aliphatic heterocycles. The second kappa shape index (κ2) is 10.7. The summed E-state index contributed by atoms with van der Waals surface area (Å²) in [6, 6.07) is 0. The summed E-state index contributed by atoms with van der Waals surface area (Å²) in [6.45, 7) is 15.6. The van der Waals surface area contributed by atoms with Crippen LogP contribution in [0.15, 0.2) is 4.99 Å². The van der Waals surface area contributed by atoms with Gasteiger partial charge in [-0.1, -0.05) is 0 Å². The van der Waals surface area contributed by atoms with E-state index in [1.54, 1.807) is 6.92 Å². The summed E-state index contributed by atoms with van der Waals surface area (Å²) in [5, 5.41) is 3.37. The first kappa shape index (κ1) is 23.3. The first-order valence-corrected chi connectivity index (χ1v) is 11.0. The minimum Gasteiger partial charge on any atom is -0.444 e. The first-order valence-electron chi connectivity index (χ1n) is 11.0. The number of carbonyl (C=O) groups excluding carboxylic acids is 2. The normalized spacial score (nSPS) is 21.2. The van der Waals surface area contributed by atoms with E-state index in [0.717, 1.165) is 77.6 Å². The van der Waals surface area contributed by atoms with Crippen molar-refractivity contribution in [2.45, 2.75) is 59.5 Å². The molecule has 0 spiro atoms. The van der Waals surface area contributed by atoms with Gasteiger partial charge < -0.3 is 24.8 Å². The molecule has 2 heterocycles. The van der Waals surface area contributed by atoms with E-state index in [1.165, 1.54) is 0 Å². The average Bonchev–Trinajstić information content (AvgIpc) is 2.66. The number of piperazine rings is 1. The molecule has 0 aliphatic carbocycles. The molecule has 166 valence electrons. The monoisotopic (exact) mass is 409 g/mol. The Morgan fingerprint density at radius 1 is 1.07 bits per heavy atom. The second-order valence-corrected chi connectivity index (χ2v) is 8.95. The number of nitrogens with one attached hydrogen (secondary N) is 1. The number of piperidine rings is 1. The molecule has 2 saturated heterocycles. The van der Waals surface area contributed by atoms with Gasteiger partial charge in [0.1, 0.15) is 5.60 Å². The predicted octanol–water partition coefficient (Wildman–Crippen LogP) is 2.15. The molecule has 1 N–H and O–H groups in total. The Hall–Kier alpha value is -1.99. The third kappa shape index (κ3) is 7.74. The first-order chi connectivity index (χ1) is 13.7. The number of amides is 2. The fourth-order valence-electron chi connectivity index (χ4n) is 3.80. The van der Waals surface area contributed by atoms with E-state index >= 15 is 0 Å². The van der Waals surface area contributed by atoms with E-state index < -0.39 is 5.60 Å². The zero-order valence-electron chi connectivity index (χ0n) is 18.9. The highest BCUT2D eigenvalue weighted by molar-refractivity contribution is 5.80. The van der Waals surface area contributed by atoms with Crippen molar-refractivity contribution in [3.8, 4) is 0 Å². The molecule has 1 atom stereocenters. The molecule has 2 aliphatic rings. The Kier molecular flexibility index (Phi) is 8.59. The topological polar surface area (TPSA) is 77.5 Å². The molecule has 29 heavy (non-hydrogen) atoms. The maximum Gasteiger partial charge on any atom is 0.410 e. The van der Waals surface area contributed by atoms with Crippen LogP contribution in [0.5, 0.6) is 0 Å². The lowest BCUT2D eigenvalue weighted by Gasteiger charge is -2.36. The number of carbonyl (C=O) groups is 2. The van der Waals surface area contributed by atoms with E-state index in [2.05, 4.69) is 17.1 Å². The van der Waals surface area contributed by atoms with Crippen LogP contribution in [0.4, 0.5) is 4.79 Å². The quantitative estimate of drug-likeness (QED) is 0.569. The molecule has 0 saturated carbocycles. The number of guanidine groups is 1. The SMILES string of the molecule is CCNC(=NCCC1CCCN(C(=O)OC(C)(C)C)C1)N1CCN(C(C)=O)CC1. The van der Waals surface area contributed by atoms with E-state index in [4.69, 9.17) is 9.73 Å². The summed E-state index contributed by atoms with van der Waals surface area (Å²) in [6.07, 6.45) is 2.90. The molecular weight excluding hydrogens is 370 g/mol. The van der Waals surface area contributed by atoms with Crippen molar-refractivity contribution in [2.24, 2.45) is 10.9 Å². The van der Waals surface area contributed by atoms with Gasteiger partial charge in [-0.3, -0.25) is 9.79 Å². The highest BCUT2D eigenvalue weighted by atomic mass is 16.6. The van der Waals surface area contributed by atoms with Gasteiger partial charge in [0.25, 0.3) is 0 Å². The number of hydrogen-bond donors (Lipinski definition) is 1. The minimum atomic E-state index is -0.457. The number of aliphatic imine (C=N–C) groups is 1. The summed E-state index contributed by atoms with van der Waals surface area (Å²) in [5.74, 6) is 1.52. The molecule has 1 unspecified atom stereocenters. The number of ether oxygens (including phenoxy) is 1. The Morgan fingerprint density at radius 2 is 1.72 bits per heavy atom. The van der Waals surface area contributed by atoms with Crippen LogP contribution in [0.2, 0.25) is 0 Å². The van der Waals surface area contributed by atoms with Gasteiger partial charge in [0.2, 0.25) is 5.91 Å². The third-order valence-corrected chi connectivity index (χ3v) is 5.33. The van der Waals surface area contributed by atoms with E-state index in [1.807, 2.05) is 30.6 Å². The zero-order chi connectivity index (χ0) is 21.4. The average molecular weight is 410 g/mol. The van der Waals surface area contributed by atoms with Crippen molar-refractivity contribution in [1.82, 2.24) is 20.0 Å². The number of likely N-dealkylation sites (tertiary alicyclic amines) is 1. The van der Waals surface area contributed by atoms with Gasteiger partial charge in [0.05, 0.1) is 0 Å². The van der Waals surface area contributed by atoms with Gasteiger partial charge in [0.15, 0.2) is 5.96 Å². The highest BCUT2D eigenvalue weighted by Gasteiger charge is 2.27. The molecule has 0 aromatic rings. The summed E-state index contributed by atoms with van der Waals surface area (Å²) in [7, 11) is 0. The summed E-state index contributed by atoms with van der Waals surface area (Å²) < 4.78 is 5.52. The van der Waals surface area contributed by atoms with Gasteiger partial charge in [-0.05, 0) is 52.9 Å². The largest absolute Gasteiger partial charge is 0.444 e. The molecule has 0 bridgehead atoms. The van der Waals surface area contributed by atoms with Crippen LogP contribution >= 0.6 is 0 Å². The summed E-state index contributed by atoms with van der Waals surface area (Å²) in [4.78, 5) is 34.6. The lowest BCUT2D eigenvalue weighted by Crippen LogP contribution is -2.53. The highest BCUT2D eigenvalue weighted by Crippen LogP contribution is 2.21. The number of rotatable bonds is 4. The smallest absolute Gasteiger partial charge is 0.410 e. The van der Waals surface area contributed by atoms with Gasteiger partial charge >= 0.3 is 6.09 Å². The maximum atomic E-state index is 12.3. The van der Waals surface area contributed by atoms with E-state index in [9.17, 15) is 9.59 Å². The molecule has 0 aromatic carbocycles. The molecule has 8 nitrogen and oxygen atoms in total. The van der Waals surface area contributed by atoms with Crippen molar-refractivity contribution in [3.05, 3.63) is 0 Å². The predicted molar refractivity (Wildman–Crippen MR) is 115 cm³/mol. The Bertz CT molecular complexity index is 579. The number of hydrogen-bond acceptors (Lipinski definition) is 4. The van der Waals surface area contributed by atoms with Gasteiger partial charge in [-0.2, -0.15) is 0 Å². The Morgan fingerprint density at radius 3 is 2.31 bits per heavy atom. The third-order valence-electron chi connectivity index (χ3n) is 5.33. The molecule has 0 radical (unpaired) electrons.